The van der Waals surface area contributed by atoms with Crippen LogP contribution in [-0.4, -0.2) is 77.4 Å². The van der Waals surface area contributed by atoms with Gasteiger partial charge in [-0.15, -0.1) is 0 Å². The lowest BCUT2D eigenvalue weighted by Gasteiger charge is -2.33. The van der Waals surface area contributed by atoms with Gasteiger partial charge in [0.1, 0.15) is 5.75 Å². The van der Waals surface area contributed by atoms with E-state index in [-0.39, 0.29) is 34.4 Å². The molecule has 0 atom stereocenters. The fraction of sp³-hybridized carbons (Fsp3) is 0.381. The van der Waals surface area contributed by atoms with Crippen molar-refractivity contribution in [3.63, 3.8) is 0 Å². The van der Waals surface area contributed by atoms with Gasteiger partial charge in [-0.3, -0.25) is 9.69 Å². The molecule has 10 heteroatoms. The van der Waals surface area contributed by atoms with Gasteiger partial charge in [0.05, 0.1) is 22.7 Å². The van der Waals surface area contributed by atoms with Crippen molar-refractivity contribution in [1.82, 2.24) is 9.21 Å². The molecule has 0 N–H and O–H groups in total. The summed E-state index contributed by atoms with van der Waals surface area (Å²) in [5.74, 6) is 0.303. The van der Waals surface area contributed by atoms with Crippen LogP contribution < -0.4 is 4.74 Å². The molecular formula is C21H26N2O6S2. The monoisotopic (exact) mass is 466 g/mol. The van der Waals surface area contributed by atoms with Gasteiger partial charge >= 0.3 is 0 Å². The van der Waals surface area contributed by atoms with Crippen molar-refractivity contribution in [2.75, 3.05) is 45.6 Å². The van der Waals surface area contributed by atoms with E-state index in [1.807, 2.05) is 4.90 Å². The van der Waals surface area contributed by atoms with Crippen LogP contribution in [0.2, 0.25) is 0 Å². The molecule has 0 aromatic heterocycles. The SMILES string of the molecule is COc1cccc(S(=O)(=O)CCN2CCN(S(=O)(=O)c3ccc(C(C)=O)cc3)CC2)c1. The van der Waals surface area contributed by atoms with Gasteiger partial charge < -0.3 is 4.74 Å². The number of piperazine rings is 1. The fourth-order valence-electron chi connectivity index (χ4n) is 3.37. The molecule has 1 saturated heterocycles. The number of hydrogen-bond acceptors (Lipinski definition) is 7. The Morgan fingerprint density at radius 2 is 1.58 bits per heavy atom. The molecule has 1 fully saturated rings. The lowest BCUT2D eigenvalue weighted by atomic mass is 10.2. The Kier molecular flexibility index (Phi) is 7.15. The summed E-state index contributed by atoms with van der Waals surface area (Å²) in [6.07, 6.45) is 0. The molecule has 1 aliphatic rings. The minimum absolute atomic E-state index is 0.0561. The number of benzene rings is 2. The Labute approximate surface area is 183 Å². The molecule has 2 aromatic rings. The Bertz CT molecular complexity index is 1140. The van der Waals surface area contributed by atoms with Crippen molar-refractivity contribution in [2.45, 2.75) is 16.7 Å². The Balaban J connectivity index is 1.58. The number of hydrogen-bond donors (Lipinski definition) is 0. The van der Waals surface area contributed by atoms with Crippen molar-refractivity contribution in [3.05, 3.63) is 54.1 Å². The quantitative estimate of drug-likeness (QED) is 0.546. The third-order valence-electron chi connectivity index (χ3n) is 5.31. The van der Waals surface area contributed by atoms with E-state index in [9.17, 15) is 21.6 Å². The van der Waals surface area contributed by atoms with Crippen LogP contribution in [0.3, 0.4) is 0 Å². The smallest absolute Gasteiger partial charge is 0.243 e. The molecule has 0 unspecified atom stereocenters. The third-order valence-corrected chi connectivity index (χ3v) is 8.91. The second-order valence-electron chi connectivity index (χ2n) is 7.32. The number of nitrogens with zero attached hydrogens (tertiary/aromatic N) is 2. The third kappa shape index (κ3) is 5.51. The maximum atomic E-state index is 12.9. The maximum Gasteiger partial charge on any atom is 0.243 e. The zero-order chi connectivity index (χ0) is 22.6. The molecule has 0 radical (unpaired) electrons. The van der Waals surface area contributed by atoms with Crippen LogP contribution in [0.15, 0.2) is 58.3 Å². The average molecular weight is 467 g/mol. The van der Waals surface area contributed by atoms with Crippen LogP contribution in [0.5, 0.6) is 5.75 Å². The summed E-state index contributed by atoms with van der Waals surface area (Å²) in [7, 11) is -5.65. The zero-order valence-corrected chi connectivity index (χ0v) is 19.2. The van der Waals surface area contributed by atoms with Crippen LogP contribution in [0.25, 0.3) is 0 Å². The van der Waals surface area contributed by atoms with Crippen molar-refractivity contribution in [2.24, 2.45) is 0 Å². The summed E-state index contributed by atoms with van der Waals surface area (Å²) >= 11 is 0. The van der Waals surface area contributed by atoms with Crippen molar-refractivity contribution in [1.29, 1.82) is 0 Å². The highest BCUT2D eigenvalue weighted by Crippen LogP contribution is 2.20. The van der Waals surface area contributed by atoms with E-state index in [4.69, 9.17) is 4.74 Å². The summed E-state index contributed by atoms with van der Waals surface area (Å²) in [5.41, 5.74) is 0.459. The number of carbonyl (C=O) groups excluding carboxylic acids is 1. The van der Waals surface area contributed by atoms with E-state index in [0.29, 0.717) is 30.9 Å². The molecule has 0 amide bonds. The number of sulfonamides is 1. The van der Waals surface area contributed by atoms with Gasteiger partial charge in [0.15, 0.2) is 15.6 Å². The molecule has 8 nitrogen and oxygen atoms in total. The maximum absolute atomic E-state index is 12.9. The normalized spacial score (nSPS) is 16.2. The van der Waals surface area contributed by atoms with Crippen LogP contribution in [-0.2, 0) is 19.9 Å². The fourth-order valence-corrected chi connectivity index (χ4v) is 6.10. The second-order valence-corrected chi connectivity index (χ2v) is 11.4. The van der Waals surface area contributed by atoms with Gasteiger partial charge in [-0.1, -0.05) is 18.2 Å². The molecule has 3 rings (SSSR count). The van der Waals surface area contributed by atoms with Gasteiger partial charge in [0, 0.05) is 38.3 Å². The molecular weight excluding hydrogens is 440 g/mol. The molecule has 0 saturated carbocycles. The molecule has 31 heavy (non-hydrogen) atoms. The number of carbonyl (C=O) groups is 1. The predicted octanol–water partition coefficient (Wildman–Crippen LogP) is 1.68. The van der Waals surface area contributed by atoms with E-state index < -0.39 is 19.9 Å². The summed E-state index contributed by atoms with van der Waals surface area (Å²) in [6.45, 7) is 3.18. The van der Waals surface area contributed by atoms with Gasteiger partial charge in [-0.05, 0) is 37.3 Å². The van der Waals surface area contributed by atoms with E-state index in [1.165, 1.54) is 48.7 Å². The molecule has 0 bridgehead atoms. The van der Waals surface area contributed by atoms with Crippen LogP contribution >= 0.6 is 0 Å². The summed E-state index contributed by atoms with van der Waals surface area (Å²) in [4.78, 5) is 13.7. The highest BCUT2D eigenvalue weighted by atomic mass is 32.2. The topological polar surface area (TPSA) is 101 Å². The molecule has 2 aromatic carbocycles. The van der Waals surface area contributed by atoms with Gasteiger partial charge in [0.2, 0.25) is 10.0 Å². The molecule has 0 spiro atoms. The van der Waals surface area contributed by atoms with Gasteiger partial charge in [0.25, 0.3) is 0 Å². The van der Waals surface area contributed by atoms with Crippen molar-refractivity contribution < 1.29 is 26.4 Å². The average Bonchev–Trinajstić information content (AvgIpc) is 2.78. The van der Waals surface area contributed by atoms with E-state index in [2.05, 4.69) is 0 Å². The van der Waals surface area contributed by atoms with E-state index in [1.54, 1.807) is 18.2 Å². The standard InChI is InChI=1S/C21H26N2O6S2/c1-17(24)18-6-8-20(9-7-18)31(27,28)23-12-10-22(11-13-23)14-15-30(25,26)21-5-3-4-19(16-21)29-2/h3-9,16H,10-15H2,1-2H3. The summed E-state index contributed by atoms with van der Waals surface area (Å²) in [5, 5.41) is 0. The Hall–Kier alpha value is -2.27. The Morgan fingerprint density at radius 1 is 0.935 bits per heavy atom. The van der Waals surface area contributed by atoms with Gasteiger partial charge in [-0.2, -0.15) is 4.31 Å². The number of ether oxygens (including phenoxy) is 1. The lowest BCUT2D eigenvalue weighted by Crippen LogP contribution is -2.49. The van der Waals surface area contributed by atoms with Crippen LogP contribution in [0.4, 0.5) is 0 Å². The minimum atomic E-state index is -3.66. The minimum Gasteiger partial charge on any atom is -0.497 e. The van der Waals surface area contributed by atoms with Crippen molar-refractivity contribution in [3.8, 4) is 5.75 Å². The van der Waals surface area contributed by atoms with E-state index >= 15 is 0 Å². The first-order valence-electron chi connectivity index (χ1n) is 9.84. The molecule has 168 valence electrons. The second kappa shape index (κ2) is 9.47. The molecule has 0 aliphatic carbocycles. The Morgan fingerprint density at radius 3 is 2.16 bits per heavy atom. The number of rotatable bonds is 8. The number of methoxy groups -OCH3 is 1. The molecule has 1 aliphatic heterocycles. The first kappa shape index (κ1) is 23.4. The number of Topliss-reactive ketones (excluding diaryl/α,β-unsaturated/α-hetero) is 1. The lowest BCUT2D eigenvalue weighted by molar-refractivity contribution is 0.101. The van der Waals surface area contributed by atoms with Crippen molar-refractivity contribution >= 4 is 25.6 Å². The van der Waals surface area contributed by atoms with Gasteiger partial charge in [-0.25, -0.2) is 16.8 Å². The van der Waals surface area contributed by atoms with Crippen LogP contribution in [0, 0.1) is 0 Å². The first-order valence-corrected chi connectivity index (χ1v) is 12.9. The number of ketones is 1. The highest BCUT2D eigenvalue weighted by Gasteiger charge is 2.29. The molecule has 1 heterocycles. The predicted molar refractivity (Wildman–Crippen MR) is 117 cm³/mol. The first-order chi connectivity index (χ1) is 14.6. The summed E-state index contributed by atoms with van der Waals surface area (Å²) < 4.78 is 57.4. The van der Waals surface area contributed by atoms with E-state index in [0.717, 1.165) is 0 Å². The zero-order valence-electron chi connectivity index (χ0n) is 17.5. The summed E-state index contributed by atoms with van der Waals surface area (Å²) in [6, 6.07) is 12.3. The number of sulfone groups is 1. The van der Waals surface area contributed by atoms with Crippen LogP contribution in [0.1, 0.15) is 17.3 Å². The largest absolute Gasteiger partial charge is 0.497 e. The highest BCUT2D eigenvalue weighted by molar-refractivity contribution is 7.91.